The molecule has 0 aromatic carbocycles. The molecule has 0 aromatic rings. The maximum atomic E-state index is 10.1. The Morgan fingerprint density at radius 3 is 2.81 bits per heavy atom. The summed E-state index contributed by atoms with van der Waals surface area (Å²) in [5.74, 6) is 1.93. The van der Waals surface area contributed by atoms with Crippen LogP contribution < -0.4 is 0 Å². The summed E-state index contributed by atoms with van der Waals surface area (Å²) in [7, 11) is 0. The van der Waals surface area contributed by atoms with Gasteiger partial charge in [0, 0.05) is 10.8 Å². The summed E-state index contributed by atoms with van der Waals surface area (Å²) in [6, 6.07) is 0. The van der Waals surface area contributed by atoms with E-state index in [2.05, 4.69) is 25.2 Å². The van der Waals surface area contributed by atoms with Crippen LogP contribution in [0, 0.1) is 28.6 Å². The molecule has 0 bridgehead atoms. The quantitative estimate of drug-likeness (QED) is 0.569. The predicted octanol–water partition coefficient (Wildman–Crippen LogP) is 3.80. The fourth-order valence-corrected chi connectivity index (χ4v) is 6.50. The van der Waals surface area contributed by atoms with E-state index in [9.17, 15) is 10.2 Å². The standard InChI is InChI=1S/C19H28O2/c1-18-10-3-2-5-13(18)7-8-14-15(18)9-12-19(17(20)21)11-4-6-16(14)19/h3,5,10,14-17,20-21H,2,4,6-9,11-12H2,1H3/t14-,15+,16+,18+,19-/m1/s1. The summed E-state index contributed by atoms with van der Waals surface area (Å²) in [6.07, 6.45) is 15.3. The van der Waals surface area contributed by atoms with E-state index in [1.165, 1.54) is 25.7 Å². The van der Waals surface area contributed by atoms with Crippen molar-refractivity contribution in [1.82, 2.24) is 0 Å². The molecule has 3 saturated carbocycles. The van der Waals surface area contributed by atoms with Gasteiger partial charge in [0.05, 0.1) is 0 Å². The summed E-state index contributed by atoms with van der Waals surface area (Å²) < 4.78 is 0. The summed E-state index contributed by atoms with van der Waals surface area (Å²) in [4.78, 5) is 0. The molecule has 4 aliphatic carbocycles. The highest BCUT2D eigenvalue weighted by Gasteiger charge is 2.59. The smallest absolute Gasteiger partial charge is 0.157 e. The molecule has 4 aliphatic rings. The third-order valence-corrected chi connectivity index (χ3v) is 7.54. The van der Waals surface area contributed by atoms with Crippen molar-refractivity contribution in [3.8, 4) is 0 Å². The van der Waals surface area contributed by atoms with Crippen molar-refractivity contribution >= 4 is 0 Å². The van der Waals surface area contributed by atoms with E-state index >= 15 is 0 Å². The van der Waals surface area contributed by atoms with E-state index in [0.29, 0.717) is 17.8 Å². The summed E-state index contributed by atoms with van der Waals surface area (Å²) in [5, 5.41) is 20.1. The molecule has 0 radical (unpaired) electrons. The normalized spacial score (nSPS) is 48.6. The molecule has 2 heteroatoms. The molecule has 116 valence electrons. The molecule has 0 heterocycles. The van der Waals surface area contributed by atoms with Gasteiger partial charge in [-0.25, -0.2) is 0 Å². The molecular formula is C19H28O2. The molecule has 0 aromatic heterocycles. The number of aliphatic hydroxyl groups excluding tert-OH is 1. The van der Waals surface area contributed by atoms with Crippen LogP contribution in [0.5, 0.6) is 0 Å². The van der Waals surface area contributed by atoms with E-state index in [1.54, 1.807) is 5.57 Å². The lowest BCUT2D eigenvalue weighted by Gasteiger charge is -2.57. The number of allylic oxidation sites excluding steroid dienone is 4. The van der Waals surface area contributed by atoms with Crippen LogP contribution in [0.4, 0.5) is 0 Å². The van der Waals surface area contributed by atoms with Crippen LogP contribution in [0.1, 0.15) is 58.3 Å². The van der Waals surface area contributed by atoms with Crippen molar-refractivity contribution in [2.45, 2.75) is 64.6 Å². The van der Waals surface area contributed by atoms with Crippen LogP contribution in [-0.4, -0.2) is 16.5 Å². The first-order valence-corrected chi connectivity index (χ1v) is 8.81. The molecule has 4 rings (SSSR count). The minimum Gasteiger partial charge on any atom is -0.368 e. The van der Waals surface area contributed by atoms with Gasteiger partial charge in [0.1, 0.15) is 0 Å². The Kier molecular flexibility index (Phi) is 3.14. The van der Waals surface area contributed by atoms with Crippen LogP contribution in [0.3, 0.4) is 0 Å². The van der Waals surface area contributed by atoms with E-state index in [-0.39, 0.29) is 10.8 Å². The highest BCUT2D eigenvalue weighted by Crippen LogP contribution is 2.65. The number of hydrogen-bond acceptors (Lipinski definition) is 2. The number of hydrogen-bond donors (Lipinski definition) is 2. The number of fused-ring (bicyclic) bond motifs is 5. The van der Waals surface area contributed by atoms with Gasteiger partial charge >= 0.3 is 0 Å². The topological polar surface area (TPSA) is 40.5 Å². The third-order valence-electron chi connectivity index (χ3n) is 7.54. The zero-order valence-electron chi connectivity index (χ0n) is 13.1. The fourth-order valence-electron chi connectivity index (χ4n) is 6.50. The van der Waals surface area contributed by atoms with Gasteiger partial charge in [-0.1, -0.05) is 37.1 Å². The van der Waals surface area contributed by atoms with Crippen LogP contribution in [0.2, 0.25) is 0 Å². The third kappa shape index (κ3) is 1.78. The molecular weight excluding hydrogens is 260 g/mol. The van der Waals surface area contributed by atoms with Crippen molar-refractivity contribution in [2.24, 2.45) is 28.6 Å². The molecule has 0 amide bonds. The van der Waals surface area contributed by atoms with Crippen molar-refractivity contribution in [1.29, 1.82) is 0 Å². The van der Waals surface area contributed by atoms with E-state index in [0.717, 1.165) is 25.7 Å². The molecule has 21 heavy (non-hydrogen) atoms. The van der Waals surface area contributed by atoms with E-state index in [4.69, 9.17) is 0 Å². The second-order valence-electron chi connectivity index (χ2n) is 8.10. The van der Waals surface area contributed by atoms with Gasteiger partial charge in [0.15, 0.2) is 6.29 Å². The Morgan fingerprint density at radius 1 is 1.14 bits per heavy atom. The average molecular weight is 288 g/mol. The number of aliphatic hydroxyl groups is 2. The van der Waals surface area contributed by atoms with Crippen molar-refractivity contribution in [3.05, 3.63) is 23.8 Å². The molecule has 5 atom stereocenters. The summed E-state index contributed by atoms with van der Waals surface area (Å²) in [6.45, 7) is 2.43. The molecule has 2 N–H and O–H groups in total. The highest BCUT2D eigenvalue weighted by molar-refractivity contribution is 5.31. The summed E-state index contributed by atoms with van der Waals surface area (Å²) >= 11 is 0. The molecule has 0 unspecified atom stereocenters. The van der Waals surface area contributed by atoms with Crippen molar-refractivity contribution in [2.75, 3.05) is 0 Å². The van der Waals surface area contributed by atoms with Gasteiger partial charge in [-0.2, -0.15) is 0 Å². The maximum Gasteiger partial charge on any atom is 0.157 e. The van der Waals surface area contributed by atoms with Crippen LogP contribution >= 0.6 is 0 Å². The lowest BCUT2D eigenvalue weighted by Crippen LogP contribution is -2.52. The van der Waals surface area contributed by atoms with Crippen LogP contribution in [0.25, 0.3) is 0 Å². The van der Waals surface area contributed by atoms with Crippen LogP contribution in [0.15, 0.2) is 23.8 Å². The lowest BCUT2D eigenvalue weighted by atomic mass is 9.48. The monoisotopic (exact) mass is 288 g/mol. The zero-order valence-corrected chi connectivity index (χ0v) is 13.1. The van der Waals surface area contributed by atoms with Crippen molar-refractivity contribution < 1.29 is 10.2 Å². The van der Waals surface area contributed by atoms with E-state index < -0.39 is 6.29 Å². The fraction of sp³-hybridized carbons (Fsp3) is 0.789. The maximum absolute atomic E-state index is 10.1. The summed E-state index contributed by atoms with van der Waals surface area (Å²) in [5.41, 5.74) is 1.72. The lowest BCUT2D eigenvalue weighted by molar-refractivity contribution is -0.186. The SMILES string of the molecule is C[C@]12C=CCC=C1CC[C@H]1[C@@H]3CCC[C@@]3(C(O)O)CC[C@@H]12. The van der Waals surface area contributed by atoms with E-state index in [1.807, 2.05) is 0 Å². The van der Waals surface area contributed by atoms with Gasteiger partial charge in [-0.05, 0) is 62.7 Å². The molecule has 2 nitrogen and oxygen atoms in total. The Balaban J connectivity index is 1.70. The molecule has 0 saturated heterocycles. The van der Waals surface area contributed by atoms with Gasteiger partial charge in [-0.3, -0.25) is 0 Å². The number of rotatable bonds is 1. The Hall–Kier alpha value is -0.600. The van der Waals surface area contributed by atoms with Gasteiger partial charge in [-0.15, -0.1) is 0 Å². The first kappa shape index (κ1) is 14.0. The largest absolute Gasteiger partial charge is 0.368 e. The van der Waals surface area contributed by atoms with Gasteiger partial charge in [0.25, 0.3) is 0 Å². The average Bonchev–Trinajstić information content (AvgIpc) is 2.92. The van der Waals surface area contributed by atoms with Crippen LogP contribution in [-0.2, 0) is 0 Å². The van der Waals surface area contributed by atoms with Gasteiger partial charge < -0.3 is 10.2 Å². The zero-order chi connectivity index (χ0) is 14.7. The molecule has 0 spiro atoms. The highest BCUT2D eigenvalue weighted by atomic mass is 16.5. The minimum absolute atomic E-state index is 0.183. The minimum atomic E-state index is -1.11. The Morgan fingerprint density at radius 2 is 2.00 bits per heavy atom. The first-order chi connectivity index (χ1) is 10.1. The second-order valence-corrected chi connectivity index (χ2v) is 8.10. The van der Waals surface area contributed by atoms with Gasteiger partial charge in [0.2, 0.25) is 0 Å². The molecule has 3 fully saturated rings. The Bertz CT molecular complexity index is 492. The van der Waals surface area contributed by atoms with Crippen molar-refractivity contribution in [3.63, 3.8) is 0 Å². The predicted molar refractivity (Wildman–Crippen MR) is 83.4 cm³/mol. The second kappa shape index (κ2) is 4.70. The molecule has 0 aliphatic heterocycles. The Labute approximate surface area is 127 Å². The first-order valence-electron chi connectivity index (χ1n) is 8.81.